The van der Waals surface area contributed by atoms with Crippen LogP contribution in [0.2, 0.25) is 0 Å². The van der Waals surface area contributed by atoms with Gasteiger partial charge < -0.3 is 9.72 Å². The van der Waals surface area contributed by atoms with Crippen LogP contribution in [-0.4, -0.2) is 25.8 Å². The number of nitrogens with zero attached hydrogens (tertiary/aromatic N) is 1. The van der Waals surface area contributed by atoms with Crippen LogP contribution in [0.25, 0.3) is 0 Å². The van der Waals surface area contributed by atoms with E-state index in [9.17, 15) is 17.2 Å². The zero-order chi connectivity index (χ0) is 18.7. The molecule has 1 saturated carbocycles. The van der Waals surface area contributed by atoms with Crippen LogP contribution in [0.1, 0.15) is 36.4 Å². The number of H-pyrrole nitrogens is 1. The molecule has 0 bridgehead atoms. The highest BCUT2D eigenvalue weighted by Gasteiger charge is 2.24. The Morgan fingerprint density at radius 3 is 2.65 bits per heavy atom. The third kappa shape index (κ3) is 3.88. The number of ether oxygens (including phenoxy) is 1. The fourth-order valence-electron chi connectivity index (χ4n) is 2.87. The summed E-state index contributed by atoms with van der Waals surface area (Å²) in [5, 5.41) is 8.42. The largest absolute Gasteiger partial charge is 0.476 e. The van der Waals surface area contributed by atoms with Gasteiger partial charge >= 0.3 is 0 Å². The van der Waals surface area contributed by atoms with E-state index < -0.39 is 28.1 Å². The van der Waals surface area contributed by atoms with Crippen molar-refractivity contribution in [2.24, 2.45) is 0 Å². The van der Waals surface area contributed by atoms with Gasteiger partial charge in [0.05, 0.1) is 10.6 Å². The minimum atomic E-state index is -3.60. The van der Waals surface area contributed by atoms with Gasteiger partial charge in [-0.25, -0.2) is 17.2 Å². The molecule has 0 amide bonds. The first-order chi connectivity index (χ1) is 12.4. The second kappa shape index (κ2) is 7.46. The van der Waals surface area contributed by atoms with Gasteiger partial charge in [0, 0.05) is 18.0 Å². The number of aromatic nitrogens is 1. The predicted octanol–water partition coefficient (Wildman–Crippen LogP) is 3.48. The van der Waals surface area contributed by atoms with Gasteiger partial charge in [0.15, 0.2) is 28.0 Å². The lowest BCUT2D eigenvalue weighted by Gasteiger charge is -2.23. The Balaban J connectivity index is 1.70. The van der Waals surface area contributed by atoms with Crippen molar-refractivity contribution >= 4 is 9.84 Å². The van der Waals surface area contributed by atoms with Gasteiger partial charge in [0.25, 0.3) is 0 Å². The lowest BCUT2D eigenvalue weighted by molar-refractivity contribution is 0.343. The van der Waals surface area contributed by atoms with E-state index in [4.69, 9.17) is 10.00 Å². The summed E-state index contributed by atoms with van der Waals surface area (Å²) in [5.74, 6) is -1.91. The third-order valence-electron chi connectivity index (χ3n) is 4.62. The molecule has 0 unspecified atom stereocenters. The van der Waals surface area contributed by atoms with Crippen LogP contribution in [-0.2, 0) is 16.3 Å². The number of benzene rings is 1. The monoisotopic (exact) mass is 380 g/mol. The average Bonchev–Trinajstić information content (AvgIpc) is 3.02. The summed E-state index contributed by atoms with van der Waals surface area (Å²) >= 11 is 0. The SMILES string of the molecule is N#CCOc1cc(F)c(CCS(=O)(=O)c2c[nH]c(C3CCC3)c2)cc1F. The van der Waals surface area contributed by atoms with E-state index in [1.165, 1.54) is 6.20 Å². The summed E-state index contributed by atoms with van der Waals surface area (Å²) in [6.07, 6.45) is 4.53. The Kier molecular flexibility index (Phi) is 5.28. The van der Waals surface area contributed by atoms with Gasteiger partial charge in [-0.2, -0.15) is 5.26 Å². The van der Waals surface area contributed by atoms with Crippen LogP contribution < -0.4 is 4.74 Å². The molecule has 0 saturated heterocycles. The third-order valence-corrected chi connectivity index (χ3v) is 6.31. The number of sulfone groups is 1. The molecule has 26 heavy (non-hydrogen) atoms. The standard InChI is InChI=1S/C18H18F2N2O3S/c19-15-10-18(25-6-5-21)16(20)8-13(15)4-7-26(23,24)14-9-17(22-11-14)12-2-1-3-12/h8-12,22H,1-4,6-7H2. The number of rotatable bonds is 7. The molecule has 1 fully saturated rings. The topological polar surface area (TPSA) is 82.9 Å². The number of aryl methyl sites for hydroxylation is 1. The molecule has 1 aliphatic carbocycles. The molecule has 1 aliphatic rings. The number of nitriles is 1. The second-order valence-corrected chi connectivity index (χ2v) is 8.42. The molecule has 1 aromatic carbocycles. The molecule has 0 spiro atoms. The molecular weight excluding hydrogens is 362 g/mol. The van der Waals surface area contributed by atoms with E-state index in [0.717, 1.165) is 37.1 Å². The summed E-state index contributed by atoms with van der Waals surface area (Å²) in [6.45, 7) is -0.402. The van der Waals surface area contributed by atoms with Crippen molar-refractivity contribution < 1.29 is 21.9 Å². The Hall–Kier alpha value is -2.40. The van der Waals surface area contributed by atoms with Crippen LogP contribution in [0.15, 0.2) is 29.3 Å². The van der Waals surface area contributed by atoms with Crippen LogP contribution >= 0.6 is 0 Å². The lowest BCUT2D eigenvalue weighted by atomic mass is 9.83. The van der Waals surface area contributed by atoms with Crippen LogP contribution in [0.4, 0.5) is 8.78 Å². The van der Waals surface area contributed by atoms with E-state index in [-0.39, 0.29) is 28.4 Å². The zero-order valence-electron chi connectivity index (χ0n) is 14.0. The lowest BCUT2D eigenvalue weighted by Crippen LogP contribution is -2.11. The predicted molar refractivity (Wildman–Crippen MR) is 90.6 cm³/mol. The summed E-state index contributed by atoms with van der Waals surface area (Å²) in [4.78, 5) is 3.18. The van der Waals surface area contributed by atoms with Gasteiger partial charge in [-0.1, -0.05) is 6.42 Å². The average molecular weight is 380 g/mol. The number of nitrogens with one attached hydrogen (secondary N) is 1. The Labute approximate surface area is 150 Å². The van der Waals surface area contributed by atoms with Crippen LogP contribution in [0, 0.1) is 23.0 Å². The van der Waals surface area contributed by atoms with Crippen LogP contribution in [0.3, 0.4) is 0 Å². The van der Waals surface area contributed by atoms with Gasteiger partial charge in [0.1, 0.15) is 11.9 Å². The molecule has 8 heteroatoms. The highest BCUT2D eigenvalue weighted by atomic mass is 32.2. The highest BCUT2D eigenvalue weighted by Crippen LogP contribution is 2.36. The van der Waals surface area contributed by atoms with Crippen molar-refractivity contribution in [1.29, 1.82) is 5.26 Å². The fraction of sp³-hybridized carbons (Fsp3) is 0.389. The molecule has 0 aliphatic heterocycles. The Morgan fingerprint density at radius 1 is 1.23 bits per heavy atom. The minimum absolute atomic E-state index is 0.0508. The number of hydrogen-bond acceptors (Lipinski definition) is 4. The second-order valence-electron chi connectivity index (χ2n) is 6.31. The molecule has 5 nitrogen and oxygen atoms in total. The van der Waals surface area contributed by atoms with Crippen molar-refractivity contribution in [3.05, 3.63) is 47.3 Å². The van der Waals surface area contributed by atoms with E-state index in [1.54, 1.807) is 12.1 Å². The maximum absolute atomic E-state index is 14.1. The molecule has 1 N–H and O–H groups in total. The first-order valence-corrected chi connectivity index (χ1v) is 9.94. The maximum Gasteiger partial charge on any atom is 0.180 e. The molecular formula is C18H18F2N2O3S. The van der Waals surface area contributed by atoms with Gasteiger partial charge in [0.2, 0.25) is 0 Å². The van der Waals surface area contributed by atoms with Crippen LogP contribution in [0.5, 0.6) is 5.75 Å². The zero-order valence-corrected chi connectivity index (χ0v) is 14.8. The molecule has 0 radical (unpaired) electrons. The smallest absolute Gasteiger partial charge is 0.180 e. The number of aromatic amines is 1. The van der Waals surface area contributed by atoms with Gasteiger partial charge in [-0.05, 0) is 42.9 Å². The number of hydrogen-bond donors (Lipinski definition) is 1. The van der Waals surface area contributed by atoms with E-state index in [2.05, 4.69) is 4.98 Å². The Morgan fingerprint density at radius 2 is 2.00 bits per heavy atom. The van der Waals surface area contributed by atoms with Crippen molar-refractivity contribution in [3.63, 3.8) is 0 Å². The maximum atomic E-state index is 14.1. The summed E-state index contributed by atoms with van der Waals surface area (Å²) in [6, 6.07) is 5.04. The summed E-state index contributed by atoms with van der Waals surface area (Å²) in [5.41, 5.74) is 0.858. The molecule has 1 aromatic heterocycles. The van der Waals surface area contributed by atoms with Crippen molar-refractivity contribution in [3.8, 4) is 11.8 Å². The summed E-state index contributed by atoms with van der Waals surface area (Å²) < 4.78 is 57.6. The van der Waals surface area contributed by atoms with Crippen molar-refractivity contribution in [1.82, 2.24) is 4.98 Å². The van der Waals surface area contributed by atoms with Crippen molar-refractivity contribution in [2.45, 2.75) is 36.5 Å². The van der Waals surface area contributed by atoms with Gasteiger partial charge in [-0.15, -0.1) is 0 Å². The van der Waals surface area contributed by atoms with Gasteiger partial charge in [-0.3, -0.25) is 0 Å². The number of halogens is 2. The highest BCUT2D eigenvalue weighted by molar-refractivity contribution is 7.91. The molecule has 3 rings (SSSR count). The minimum Gasteiger partial charge on any atom is -0.476 e. The molecule has 1 heterocycles. The van der Waals surface area contributed by atoms with Crippen molar-refractivity contribution in [2.75, 3.05) is 12.4 Å². The Bertz CT molecular complexity index is 944. The molecule has 2 aromatic rings. The quantitative estimate of drug-likeness (QED) is 0.797. The fourth-order valence-corrected chi connectivity index (χ4v) is 4.14. The molecule has 0 atom stereocenters. The normalized spacial score (nSPS) is 14.7. The first kappa shape index (κ1) is 18.4. The van der Waals surface area contributed by atoms with E-state index >= 15 is 0 Å². The molecule has 138 valence electrons. The first-order valence-electron chi connectivity index (χ1n) is 8.29. The van der Waals surface area contributed by atoms with E-state index in [1.807, 2.05) is 0 Å². The van der Waals surface area contributed by atoms with E-state index in [0.29, 0.717) is 5.92 Å². The summed E-state index contributed by atoms with van der Waals surface area (Å²) in [7, 11) is -3.60.